The highest BCUT2D eigenvalue weighted by Crippen LogP contribution is 2.38. The molecule has 8 nitrogen and oxygen atoms in total. The van der Waals surface area contributed by atoms with Gasteiger partial charge in [0, 0.05) is 18.0 Å². The zero-order chi connectivity index (χ0) is 20.2. The fourth-order valence-electron chi connectivity index (χ4n) is 3.55. The van der Waals surface area contributed by atoms with Gasteiger partial charge < -0.3 is 21.1 Å². The number of carbonyl (C=O) groups is 2. The van der Waals surface area contributed by atoms with Crippen LogP contribution < -0.4 is 16.4 Å². The molecule has 2 aromatic rings. The van der Waals surface area contributed by atoms with Crippen LogP contribution in [0.15, 0.2) is 4.34 Å². The second-order valence-corrected chi connectivity index (χ2v) is 10.3. The molecule has 4 rings (SSSR count). The molecule has 0 saturated carbocycles. The predicted molar refractivity (Wildman–Crippen MR) is 116 cm³/mol. The number of amides is 2. The average molecular weight is 454 g/mol. The molecule has 0 spiro atoms. The SMILES string of the molecule is NC(=O)c1c(NC(=O)CSc2nnc(NC[C@@H]3CCCO3)s2)sc2c1CCCC2. The summed E-state index contributed by atoms with van der Waals surface area (Å²) >= 11 is 4.22. The summed E-state index contributed by atoms with van der Waals surface area (Å²) in [4.78, 5) is 25.5. The Hall–Kier alpha value is -1.69. The van der Waals surface area contributed by atoms with Crippen molar-refractivity contribution in [1.82, 2.24) is 10.2 Å². The molecule has 2 amide bonds. The van der Waals surface area contributed by atoms with Gasteiger partial charge in [-0.2, -0.15) is 0 Å². The molecule has 3 heterocycles. The smallest absolute Gasteiger partial charge is 0.251 e. The molecular weight excluding hydrogens is 430 g/mol. The zero-order valence-electron chi connectivity index (χ0n) is 15.9. The Morgan fingerprint density at radius 3 is 2.86 bits per heavy atom. The summed E-state index contributed by atoms with van der Waals surface area (Å²) in [7, 11) is 0. The predicted octanol–water partition coefficient (Wildman–Crippen LogP) is 2.90. The third kappa shape index (κ3) is 5.08. The summed E-state index contributed by atoms with van der Waals surface area (Å²) in [6, 6.07) is 0. The Labute approximate surface area is 181 Å². The lowest BCUT2D eigenvalue weighted by Crippen LogP contribution is -2.19. The number of fused-ring (bicyclic) bond motifs is 1. The number of hydrogen-bond donors (Lipinski definition) is 3. The van der Waals surface area contributed by atoms with Crippen molar-refractivity contribution in [3.63, 3.8) is 0 Å². The van der Waals surface area contributed by atoms with Gasteiger partial charge in [-0.1, -0.05) is 23.1 Å². The highest BCUT2D eigenvalue weighted by molar-refractivity contribution is 8.01. The molecule has 29 heavy (non-hydrogen) atoms. The third-order valence-corrected chi connectivity index (χ3v) is 8.13. The number of nitrogens with two attached hydrogens (primary N) is 1. The van der Waals surface area contributed by atoms with Crippen molar-refractivity contribution >= 4 is 56.4 Å². The summed E-state index contributed by atoms with van der Waals surface area (Å²) < 4.78 is 6.30. The number of ether oxygens (including phenoxy) is 1. The fraction of sp³-hybridized carbons (Fsp3) is 0.556. The van der Waals surface area contributed by atoms with E-state index in [9.17, 15) is 9.59 Å². The van der Waals surface area contributed by atoms with E-state index in [1.165, 1.54) is 39.3 Å². The van der Waals surface area contributed by atoms with Crippen LogP contribution >= 0.6 is 34.4 Å². The van der Waals surface area contributed by atoms with E-state index in [0.717, 1.165) is 66.7 Å². The number of thiophene rings is 1. The van der Waals surface area contributed by atoms with Gasteiger partial charge in [-0.25, -0.2) is 0 Å². The van der Waals surface area contributed by atoms with E-state index < -0.39 is 5.91 Å². The van der Waals surface area contributed by atoms with Crippen LogP contribution in [0.4, 0.5) is 10.1 Å². The fourth-order valence-corrected chi connectivity index (χ4v) is 6.42. The minimum Gasteiger partial charge on any atom is -0.376 e. The van der Waals surface area contributed by atoms with E-state index in [4.69, 9.17) is 10.5 Å². The van der Waals surface area contributed by atoms with Crippen molar-refractivity contribution < 1.29 is 14.3 Å². The minimum absolute atomic E-state index is 0.180. The van der Waals surface area contributed by atoms with Crippen molar-refractivity contribution in [3.05, 3.63) is 16.0 Å². The topological polar surface area (TPSA) is 119 Å². The number of aromatic nitrogens is 2. The molecule has 156 valence electrons. The maximum atomic E-state index is 12.4. The lowest BCUT2D eigenvalue weighted by molar-refractivity contribution is -0.113. The maximum absolute atomic E-state index is 12.4. The Kier molecular flexibility index (Phi) is 6.68. The van der Waals surface area contributed by atoms with Gasteiger partial charge in [-0.05, 0) is 44.1 Å². The lowest BCUT2D eigenvalue weighted by Gasteiger charge is -2.11. The first-order valence-electron chi connectivity index (χ1n) is 9.66. The number of nitrogens with one attached hydrogen (secondary N) is 2. The normalized spacial score (nSPS) is 18.4. The Morgan fingerprint density at radius 2 is 2.07 bits per heavy atom. The van der Waals surface area contributed by atoms with Gasteiger partial charge in [0.1, 0.15) is 5.00 Å². The second-order valence-electron chi connectivity index (χ2n) is 7.01. The summed E-state index contributed by atoms with van der Waals surface area (Å²) in [5, 5.41) is 15.6. The quantitative estimate of drug-likeness (QED) is 0.526. The Balaban J connectivity index is 1.30. The number of aryl methyl sites for hydroxylation is 1. The van der Waals surface area contributed by atoms with E-state index in [-0.39, 0.29) is 17.8 Å². The summed E-state index contributed by atoms with van der Waals surface area (Å²) in [5.41, 5.74) is 7.08. The van der Waals surface area contributed by atoms with Crippen LogP contribution in [0.5, 0.6) is 0 Å². The van der Waals surface area contributed by atoms with Gasteiger partial charge in [0.25, 0.3) is 5.91 Å². The number of carbonyl (C=O) groups excluding carboxylic acids is 2. The standard InChI is InChI=1S/C18H23N5O3S3/c19-15(25)14-11-5-1-2-6-12(11)28-16(14)21-13(24)9-27-18-23-22-17(29-18)20-8-10-4-3-7-26-10/h10H,1-9H2,(H2,19,25)(H,20,22)(H,21,24)/t10-/m0/s1. The van der Waals surface area contributed by atoms with Crippen molar-refractivity contribution in [2.45, 2.75) is 49.0 Å². The maximum Gasteiger partial charge on any atom is 0.251 e. The number of anilines is 2. The van der Waals surface area contributed by atoms with E-state index >= 15 is 0 Å². The van der Waals surface area contributed by atoms with Crippen molar-refractivity contribution in [2.24, 2.45) is 5.73 Å². The molecule has 2 aromatic heterocycles. The van der Waals surface area contributed by atoms with Gasteiger partial charge in [0.05, 0.1) is 17.4 Å². The molecule has 0 aromatic carbocycles. The number of primary amides is 1. The molecule has 0 unspecified atom stereocenters. The lowest BCUT2D eigenvalue weighted by atomic mass is 9.95. The monoisotopic (exact) mass is 453 g/mol. The van der Waals surface area contributed by atoms with Gasteiger partial charge in [0.2, 0.25) is 11.0 Å². The number of nitrogens with zero attached hydrogens (tertiary/aromatic N) is 2. The van der Waals surface area contributed by atoms with Crippen molar-refractivity contribution in [3.8, 4) is 0 Å². The Morgan fingerprint density at radius 1 is 1.21 bits per heavy atom. The van der Waals surface area contributed by atoms with E-state index in [1.54, 1.807) is 0 Å². The highest BCUT2D eigenvalue weighted by atomic mass is 32.2. The molecular formula is C18H23N5O3S3. The van der Waals surface area contributed by atoms with E-state index in [0.29, 0.717) is 10.6 Å². The molecule has 1 fully saturated rings. The zero-order valence-corrected chi connectivity index (χ0v) is 18.3. The van der Waals surface area contributed by atoms with Gasteiger partial charge >= 0.3 is 0 Å². The first-order chi connectivity index (χ1) is 14.1. The van der Waals surface area contributed by atoms with Crippen LogP contribution in [0.25, 0.3) is 0 Å². The molecule has 2 aliphatic rings. The second kappa shape index (κ2) is 9.41. The minimum atomic E-state index is -0.474. The first-order valence-corrected chi connectivity index (χ1v) is 12.3. The van der Waals surface area contributed by atoms with Gasteiger partial charge in [-0.15, -0.1) is 21.5 Å². The molecule has 0 bridgehead atoms. The van der Waals surface area contributed by atoms with Crippen LogP contribution in [0.1, 0.15) is 46.5 Å². The molecule has 1 atom stereocenters. The molecule has 11 heteroatoms. The molecule has 1 saturated heterocycles. The van der Waals surface area contributed by atoms with Crippen LogP contribution in [-0.2, 0) is 22.4 Å². The molecule has 1 aliphatic heterocycles. The molecule has 1 aliphatic carbocycles. The van der Waals surface area contributed by atoms with Gasteiger partial charge in [0.15, 0.2) is 4.34 Å². The summed E-state index contributed by atoms with van der Waals surface area (Å²) in [6.07, 6.45) is 6.34. The van der Waals surface area contributed by atoms with E-state index in [1.807, 2.05) is 0 Å². The Bertz CT molecular complexity index is 891. The number of thioether (sulfide) groups is 1. The van der Waals surface area contributed by atoms with Crippen LogP contribution in [0, 0.1) is 0 Å². The van der Waals surface area contributed by atoms with Crippen LogP contribution in [-0.4, -0.2) is 47.0 Å². The van der Waals surface area contributed by atoms with Crippen molar-refractivity contribution in [1.29, 1.82) is 0 Å². The molecule has 0 radical (unpaired) electrons. The van der Waals surface area contributed by atoms with Crippen molar-refractivity contribution in [2.75, 3.05) is 29.5 Å². The highest BCUT2D eigenvalue weighted by Gasteiger charge is 2.25. The number of hydrogen-bond acceptors (Lipinski definition) is 9. The largest absolute Gasteiger partial charge is 0.376 e. The average Bonchev–Trinajstić information content (AvgIpc) is 3.43. The van der Waals surface area contributed by atoms with E-state index in [2.05, 4.69) is 20.8 Å². The first kappa shape index (κ1) is 20.6. The van der Waals surface area contributed by atoms with Gasteiger partial charge in [-0.3, -0.25) is 9.59 Å². The van der Waals surface area contributed by atoms with Crippen LogP contribution in [0.3, 0.4) is 0 Å². The third-order valence-electron chi connectivity index (χ3n) is 4.91. The summed E-state index contributed by atoms with van der Waals surface area (Å²) in [5.74, 6) is -0.459. The summed E-state index contributed by atoms with van der Waals surface area (Å²) in [6.45, 7) is 1.54. The molecule has 4 N–H and O–H groups in total. The number of rotatable bonds is 8. The van der Waals surface area contributed by atoms with Crippen LogP contribution in [0.2, 0.25) is 0 Å².